The molecule has 0 radical (unpaired) electrons. The van der Waals surface area contributed by atoms with Crippen molar-refractivity contribution in [3.63, 3.8) is 0 Å². The van der Waals surface area contributed by atoms with Crippen LogP contribution in [0.1, 0.15) is 48.8 Å². The molecule has 1 aliphatic rings. The molecule has 3 rings (SSSR count). The van der Waals surface area contributed by atoms with Gasteiger partial charge in [0.05, 0.1) is 16.9 Å². The summed E-state index contributed by atoms with van der Waals surface area (Å²) in [5.74, 6) is 0.0336. The van der Waals surface area contributed by atoms with Gasteiger partial charge in [0.15, 0.2) is 0 Å². The molecule has 136 valence electrons. The Morgan fingerprint density at radius 2 is 1.88 bits per heavy atom. The van der Waals surface area contributed by atoms with Crippen molar-refractivity contribution in [1.82, 2.24) is 14.7 Å². The minimum atomic E-state index is -0.206. The number of aryl methyl sites for hydroxylation is 1. The van der Waals surface area contributed by atoms with Crippen LogP contribution in [0.25, 0.3) is 5.69 Å². The van der Waals surface area contributed by atoms with E-state index in [9.17, 15) is 4.79 Å². The highest BCUT2D eigenvalue weighted by Gasteiger charge is 2.31. The van der Waals surface area contributed by atoms with E-state index >= 15 is 0 Å². The minimum Gasteiger partial charge on any atom is -0.337 e. The lowest BCUT2D eigenvalue weighted by atomic mass is 9.89. The largest absolute Gasteiger partial charge is 0.337 e. The van der Waals surface area contributed by atoms with Crippen LogP contribution in [0.2, 0.25) is 0 Å². The van der Waals surface area contributed by atoms with Crippen LogP contribution in [-0.4, -0.2) is 39.7 Å². The molecule has 1 aromatic heterocycles. The van der Waals surface area contributed by atoms with Crippen LogP contribution in [0.4, 0.5) is 0 Å². The number of hydrogen-bond acceptors (Lipinski definition) is 3. The van der Waals surface area contributed by atoms with Crippen molar-refractivity contribution in [2.24, 2.45) is 5.73 Å². The number of nitrogens with two attached hydrogens (primary N) is 1. The molecule has 0 aliphatic carbocycles. The normalized spacial score (nSPS) is 17.5. The molecule has 1 aromatic carbocycles. The Bertz CT molecular complexity index is 746. The summed E-state index contributed by atoms with van der Waals surface area (Å²) in [5, 5.41) is 4.73. The van der Waals surface area contributed by atoms with Crippen molar-refractivity contribution >= 4 is 18.3 Å². The Morgan fingerprint density at radius 3 is 2.40 bits per heavy atom. The summed E-state index contributed by atoms with van der Waals surface area (Å²) in [6.45, 7) is 9.65. The molecule has 1 aliphatic heterocycles. The number of aromatic nitrogens is 2. The van der Waals surface area contributed by atoms with Crippen LogP contribution in [0.5, 0.6) is 0 Å². The number of benzene rings is 1. The van der Waals surface area contributed by atoms with Crippen molar-refractivity contribution < 1.29 is 4.79 Å². The summed E-state index contributed by atoms with van der Waals surface area (Å²) < 4.78 is 1.81. The average molecular weight is 363 g/mol. The first-order chi connectivity index (χ1) is 11.3. The van der Waals surface area contributed by atoms with Gasteiger partial charge in [-0.25, -0.2) is 4.68 Å². The predicted molar refractivity (Wildman–Crippen MR) is 103 cm³/mol. The molecule has 0 bridgehead atoms. The number of likely N-dealkylation sites (tertiary alicyclic amines) is 1. The third kappa shape index (κ3) is 4.05. The highest BCUT2D eigenvalue weighted by molar-refractivity contribution is 5.95. The van der Waals surface area contributed by atoms with E-state index in [1.165, 1.54) is 5.56 Å². The summed E-state index contributed by atoms with van der Waals surface area (Å²) in [5.41, 5.74) is 9.42. The quantitative estimate of drug-likeness (QED) is 0.892. The van der Waals surface area contributed by atoms with Crippen LogP contribution < -0.4 is 5.73 Å². The highest BCUT2D eigenvalue weighted by Crippen LogP contribution is 2.27. The molecule has 5 nitrogen and oxygen atoms in total. The minimum absolute atomic E-state index is 0. The second-order valence-corrected chi connectivity index (χ2v) is 7.72. The highest BCUT2D eigenvalue weighted by atomic mass is 35.5. The van der Waals surface area contributed by atoms with Crippen molar-refractivity contribution in [2.45, 2.75) is 45.6 Å². The summed E-state index contributed by atoms with van der Waals surface area (Å²) >= 11 is 0. The molecule has 0 spiro atoms. The van der Waals surface area contributed by atoms with Gasteiger partial charge in [0.1, 0.15) is 0 Å². The van der Waals surface area contributed by atoms with Gasteiger partial charge in [-0.1, -0.05) is 38.5 Å². The van der Waals surface area contributed by atoms with Crippen molar-refractivity contribution in [3.8, 4) is 5.69 Å². The number of hydrogen-bond donors (Lipinski definition) is 1. The van der Waals surface area contributed by atoms with Gasteiger partial charge in [0, 0.05) is 30.7 Å². The molecule has 0 saturated carbocycles. The van der Waals surface area contributed by atoms with E-state index in [0.29, 0.717) is 12.1 Å². The lowest BCUT2D eigenvalue weighted by Gasteiger charge is -2.20. The zero-order valence-electron chi connectivity index (χ0n) is 15.3. The second kappa shape index (κ2) is 7.18. The first-order valence-electron chi connectivity index (χ1n) is 8.48. The van der Waals surface area contributed by atoms with Gasteiger partial charge in [-0.05, 0) is 25.5 Å². The Labute approximate surface area is 155 Å². The molecule has 1 amide bonds. The molecule has 25 heavy (non-hydrogen) atoms. The fraction of sp³-hybridized carbons (Fsp3) is 0.474. The molecule has 1 fully saturated rings. The van der Waals surface area contributed by atoms with Gasteiger partial charge < -0.3 is 10.6 Å². The van der Waals surface area contributed by atoms with Crippen molar-refractivity contribution in [3.05, 3.63) is 47.3 Å². The molecule has 2 heterocycles. The lowest BCUT2D eigenvalue weighted by Crippen LogP contribution is -2.33. The average Bonchev–Trinajstić information content (AvgIpc) is 3.13. The number of carbonyl (C=O) groups excluding carboxylic acids is 1. The van der Waals surface area contributed by atoms with E-state index in [2.05, 4.69) is 39.8 Å². The molecule has 6 heteroatoms. The molecule has 2 N–H and O–H groups in total. The first kappa shape index (κ1) is 19.5. The fourth-order valence-corrected chi connectivity index (χ4v) is 3.06. The standard InChI is InChI=1S/C19H26N4O.ClH/c1-13-5-7-15(8-6-13)23-12-16(17(21-23)19(2,3)4)18(24)22-10-9-14(20)11-22;/h5-8,12,14H,9-11,20H2,1-4H3;1H/t14-;/m1./s1. The van der Waals surface area contributed by atoms with Crippen molar-refractivity contribution in [2.75, 3.05) is 13.1 Å². The molecule has 1 saturated heterocycles. The second-order valence-electron chi connectivity index (χ2n) is 7.72. The molecule has 0 unspecified atom stereocenters. The van der Waals surface area contributed by atoms with Gasteiger partial charge in [-0.3, -0.25) is 4.79 Å². The van der Waals surface area contributed by atoms with Crippen LogP contribution in [0.3, 0.4) is 0 Å². The van der Waals surface area contributed by atoms with E-state index in [4.69, 9.17) is 10.8 Å². The Morgan fingerprint density at radius 1 is 1.24 bits per heavy atom. The number of halogens is 1. The van der Waals surface area contributed by atoms with Crippen LogP contribution in [0, 0.1) is 6.92 Å². The number of carbonyl (C=O) groups is 1. The number of nitrogens with zero attached hydrogens (tertiary/aromatic N) is 3. The molecule has 1 atom stereocenters. The van der Waals surface area contributed by atoms with Crippen LogP contribution >= 0.6 is 12.4 Å². The third-order valence-electron chi connectivity index (χ3n) is 4.47. The third-order valence-corrected chi connectivity index (χ3v) is 4.47. The van der Waals surface area contributed by atoms with Gasteiger partial charge in [-0.15, -0.1) is 12.4 Å². The van der Waals surface area contributed by atoms with Crippen LogP contribution in [0.15, 0.2) is 30.5 Å². The lowest BCUT2D eigenvalue weighted by molar-refractivity contribution is 0.0788. The Hall–Kier alpha value is -1.85. The summed E-state index contributed by atoms with van der Waals surface area (Å²) in [6.07, 6.45) is 2.72. The van der Waals surface area contributed by atoms with E-state index in [1.54, 1.807) is 0 Å². The Kier molecular flexibility index (Phi) is 5.59. The summed E-state index contributed by atoms with van der Waals surface area (Å²) in [7, 11) is 0. The SMILES string of the molecule is Cc1ccc(-n2cc(C(=O)N3CC[C@@H](N)C3)c(C(C)(C)C)n2)cc1.Cl. The Balaban J connectivity index is 0.00000225. The first-order valence-corrected chi connectivity index (χ1v) is 8.48. The molecular weight excluding hydrogens is 336 g/mol. The fourth-order valence-electron chi connectivity index (χ4n) is 3.06. The van der Waals surface area contributed by atoms with E-state index < -0.39 is 0 Å². The maximum atomic E-state index is 13.0. The maximum absolute atomic E-state index is 13.0. The molecule has 2 aromatic rings. The number of rotatable bonds is 2. The summed E-state index contributed by atoms with van der Waals surface area (Å²) in [6, 6.07) is 8.23. The topological polar surface area (TPSA) is 64.2 Å². The van der Waals surface area contributed by atoms with Gasteiger partial charge in [-0.2, -0.15) is 5.10 Å². The zero-order valence-corrected chi connectivity index (χ0v) is 16.1. The van der Waals surface area contributed by atoms with Gasteiger partial charge in [0.2, 0.25) is 0 Å². The van der Waals surface area contributed by atoms with Gasteiger partial charge in [0.25, 0.3) is 5.91 Å². The van der Waals surface area contributed by atoms with Gasteiger partial charge >= 0.3 is 0 Å². The predicted octanol–water partition coefficient (Wildman–Crippen LogP) is 3.07. The van der Waals surface area contributed by atoms with E-state index in [0.717, 1.165) is 24.3 Å². The molecular formula is C19H27ClN4O. The zero-order chi connectivity index (χ0) is 17.5. The number of amides is 1. The van der Waals surface area contributed by atoms with Crippen LogP contribution in [-0.2, 0) is 5.41 Å². The smallest absolute Gasteiger partial charge is 0.257 e. The summed E-state index contributed by atoms with van der Waals surface area (Å²) in [4.78, 5) is 14.8. The van der Waals surface area contributed by atoms with E-state index in [1.807, 2.05) is 27.9 Å². The van der Waals surface area contributed by atoms with E-state index in [-0.39, 0.29) is 29.8 Å². The van der Waals surface area contributed by atoms with Crippen molar-refractivity contribution in [1.29, 1.82) is 0 Å². The maximum Gasteiger partial charge on any atom is 0.257 e. The monoisotopic (exact) mass is 362 g/mol.